The molecule has 31 heavy (non-hydrogen) atoms. The first-order valence-electron chi connectivity index (χ1n) is 8.90. The first-order chi connectivity index (χ1) is 14.6. The molecule has 0 spiro atoms. The Kier molecular flexibility index (Phi) is 5.06. The molecule has 0 bridgehead atoms. The number of nitrogens with two attached hydrogens (primary N) is 1. The van der Waals surface area contributed by atoms with E-state index in [0.717, 1.165) is 0 Å². The average Bonchev–Trinajstić information content (AvgIpc) is 3.18. The molecular weight excluding hydrogens is 444 g/mol. The van der Waals surface area contributed by atoms with Gasteiger partial charge in [0.1, 0.15) is 16.7 Å². The Morgan fingerprint density at radius 3 is 2.48 bits per heavy atom. The zero-order valence-corrected chi connectivity index (χ0v) is 17.7. The second kappa shape index (κ2) is 7.46. The number of pyridine rings is 1. The monoisotopic (exact) mass is 460 g/mol. The van der Waals surface area contributed by atoms with E-state index in [1.54, 1.807) is 13.0 Å². The third-order valence-electron chi connectivity index (χ3n) is 4.97. The van der Waals surface area contributed by atoms with E-state index >= 15 is 0 Å². The Labute approximate surface area is 177 Å². The van der Waals surface area contributed by atoms with Crippen LogP contribution in [-0.4, -0.2) is 60.8 Å². The lowest BCUT2D eigenvalue weighted by Gasteiger charge is -2.28. The summed E-state index contributed by atoms with van der Waals surface area (Å²) in [6, 6.07) is 6.25. The van der Waals surface area contributed by atoms with Gasteiger partial charge in [-0.05, 0) is 40.6 Å². The molecule has 1 fully saturated rings. The van der Waals surface area contributed by atoms with Crippen molar-refractivity contribution in [2.45, 2.75) is 22.0 Å². The normalized spacial score (nSPS) is 14.7. The largest absolute Gasteiger partial charge is 0.314 e. The van der Waals surface area contributed by atoms with Crippen LogP contribution in [0.15, 0.2) is 34.2 Å². The minimum absolute atomic E-state index is 0.0789. The number of aryl methyl sites for hydroxylation is 1. The van der Waals surface area contributed by atoms with Gasteiger partial charge in [0.2, 0.25) is 10.0 Å². The minimum Gasteiger partial charge on any atom is -0.314 e. The van der Waals surface area contributed by atoms with Crippen LogP contribution in [0.25, 0.3) is 22.5 Å². The molecule has 0 atom stereocenters. The molecule has 3 aromatic rings. The number of sulfone groups is 1. The molecule has 0 amide bonds. The van der Waals surface area contributed by atoms with E-state index < -0.39 is 34.9 Å². The molecule has 1 aliphatic heterocycles. The van der Waals surface area contributed by atoms with Gasteiger partial charge >= 0.3 is 0 Å². The van der Waals surface area contributed by atoms with E-state index in [4.69, 9.17) is 10.4 Å². The highest BCUT2D eigenvalue weighted by Crippen LogP contribution is 2.40. The Morgan fingerprint density at radius 1 is 1.23 bits per heavy atom. The number of tetrazole rings is 1. The molecule has 0 aliphatic carbocycles. The van der Waals surface area contributed by atoms with Gasteiger partial charge in [0.25, 0.3) is 0 Å². The van der Waals surface area contributed by atoms with Crippen LogP contribution in [0.1, 0.15) is 11.3 Å². The SMILES string of the molecule is Cc1cc(-c2ccc(S(=O)(=O)C3CNC3)c(S(N)(=O)=O)c2-c2nnn[nH]2)cnc1C#N. The van der Waals surface area contributed by atoms with Crippen LogP contribution in [0.5, 0.6) is 0 Å². The molecule has 0 radical (unpaired) electrons. The lowest BCUT2D eigenvalue weighted by Crippen LogP contribution is -2.51. The lowest BCUT2D eigenvalue weighted by molar-refractivity contribution is 0.493. The third kappa shape index (κ3) is 3.57. The molecule has 14 heteroatoms. The van der Waals surface area contributed by atoms with Crippen molar-refractivity contribution in [2.75, 3.05) is 13.1 Å². The molecule has 160 valence electrons. The summed E-state index contributed by atoms with van der Waals surface area (Å²) in [5, 5.41) is 29.9. The molecular formula is C17H16N8O4S2. The number of nitrogens with zero attached hydrogens (tertiary/aromatic N) is 5. The molecule has 1 aliphatic rings. The van der Waals surface area contributed by atoms with Gasteiger partial charge in [-0.25, -0.2) is 32.1 Å². The second-order valence-electron chi connectivity index (χ2n) is 6.94. The summed E-state index contributed by atoms with van der Waals surface area (Å²) in [5.41, 5.74) is 1.38. The van der Waals surface area contributed by atoms with Crippen LogP contribution >= 0.6 is 0 Å². The van der Waals surface area contributed by atoms with Gasteiger partial charge < -0.3 is 5.32 Å². The van der Waals surface area contributed by atoms with Crippen molar-refractivity contribution in [3.63, 3.8) is 0 Å². The van der Waals surface area contributed by atoms with Crippen LogP contribution in [0.2, 0.25) is 0 Å². The number of aromatic nitrogens is 5. The quantitative estimate of drug-likeness (QED) is 0.446. The van der Waals surface area contributed by atoms with E-state index in [1.165, 1.54) is 18.3 Å². The van der Waals surface area contributed by atoms with Crippen LogP contribution in [0, 0.1) is 18.3 Å². The van der Waals surface area contributed by atoms with E-state index in [-0.39, 0.29) is 35.7 Å². The fourth-order valence-electron chi connectivity index (χ4n) is 3.31. The summed E-state index contributed by atoms with van der Waals surface area (Å²) < 4.78 is 51.5. The summed E-state index contributed by atoms with van der Waals surface area (Å²) in [7, 11) is -8.54. The van der Waals surface area contributed by atoms with E-state index in [1.807, 2.05) is 6.07 Å². The third-order valence-corrected chi connectivity index (χ3v) is 8.26. The van der Waals surface area contributed by atoms with Gasteiger partial charge in [0.05, 0.1) is 10.1 Å². The standard InChI is InChI=1S/C17H16N8O4S2/c1-9-4-10(6-21-13(9)5-18)12-2-3-14(30(26,27)11-7-20-8-11)16(31(19,28)29)15(12)17-22-24-25-23-17/h2-4,6,11,20H,7-8H2,1H3,(H2,19,28,29)(H,22,23,24,25). The van der Waals surface area contributed by atoms with Gasteiger partial charge in [0, 0.05) is 30.4 Å². The molecule has 0 unspecified atom stereocenters. The Balaban J connectivity index is 2.09. The van der Waals surface area contributed by atoms with Crippen LogP contribution in [0.3, 0.4) is 0 Å². The number of benzene rings is 1. The average molecular weight is 461 g/mol. The summed E-state index contributed by atoms with van der Waals surface area (Å²) >= 11 is 0. The predicted octanol–water partition coefficient (Wildman–Crippen LogP) is -0.498. The van der Waals surface area contributed by atoms with Crippen LogP contribution in [0.4, 0.5) is 0 Å². The highest BCUT2D eigenvalue weighted by Gasteiger charge is 2.38. The molecule has 1 aromatic carbocycles. The second-order valence-corrected chi connectivity index (χ2v) is 10.6. The number of nitrogens with one attached hydrogen (secondary N) is 2. The molecule has 2 aromatic heterocycles. The molecule has 4 N–H and O–H groups in total. The van der Waals surface area contributed by atoms with Gasteiger partial charge in [-0.3, -0.25) is 0 Å². The number of hydrogen-bond acceptors (Lipinski definition) is 10. The van der Waals surface area contributed by atoms with Gasteiger partial charge in [-0.2, -0.15) is 5.26 Å². The van der Waals surface area contributed by atoms with E-state index in [9.17, 15) is 16.8 Å². The summed E-state index contributed by atoms with van der Waals surface area (Å²) in [4.78, 5) is 3.06. The van der Waals surface area contributed by atoms with Crippen molar-refractivity contribution in [3.05, 3.63) is 35.7 Å². The maximum absolute atomic E-state index is 13.1. The predicted molar refractivity (Wildman–Crippen MR) is 108 cm³/mol. The summed E-state index contributed by atoms with van der Waals surface area (Å²) in [5.74, 6) is -0.0789. The number of rotatable bonds is 5. The minimum atomic E-state index is -4.53. The lowest BCUT2D eigenvalue weighted by atomic mass is 9.99. The van der Waals surface area contributed by atoms with Crippen molar-refractivity contribution in [1.29, 1.82) is 5.26 Å². The van der Waals surface area contributed by atoms with Crippen LogP contribution < -0.4 is 10.5 Å². The fraction of sp³-hybridized carbons (Fsp3) is 0.235. The molecule has 0 saturated carbocycles. The smallest absolute Gasteiger partial charge is 0.240 e. The first kappa shape index (κ1) is 21.0. The van der Waals surface area contributed by atoms with E-state index in [2.05, 4.69) is 30.9 Å². The molecule has 1 saturated heterocycles. The highest BCUT2D eigenvalue weighted by molar-refractivity contribution is 7.94. The van der Waals surface area contributed by atoms with Gasteiger partial charge in [-0.1, -0.05) is 6.07 Å². The topological polar surface area (TPSA) is 197 Å². The molecule has 3 heterocycles. The van der Waals surface area contributed by atoms with Crippen molar-refractivity contribution in [2.24, 2.45) is 5.14 Å². The Bertz CT molecular complexity index is 1420. The molecule has 12 nitrogen and oxygen atoms in total. The summed E-state index contributed by atoms with van der Waals surface area (Å²) in [6.45, 7) is 2.08. The highest BCUT2D eigenvalue weighted by atomic mass is 32.2. The number of H-pyrrole nitrogens is 1. The van der Waals surface area contributed by atoms with E-state index in [0.29, 0.717) is 11.1 Å². The number of hydrogen-bond donors (Lipinski definition) is 3. The van der Waals surface area contributed by atoms with Crippen molar-refractivity contribution < 1.29 is 16.8 Å². The maximum atomic E-state index is 13.1. The fourth-order valence-corrected chi connectivity index (χ4v) is 6.50. The zero-order valence-electron chi connectivity index (χ0n) is 16.1. The van der Waals surface area contributed by atoms with Crippen molar-refractivity contribution in [1.82, 2.24) is 30.9 Å². The van der Waals surface area contributed by atoms with Gasteiger partial charge in [-0.15, -0.1) is 5.10 Å². The van der Waals surface area contributed by atoms with Crippen LogP contribution in [-0.2, 0) is 19.9 Å². The zero-order chi connectivity index (χ0) is 22.4. The number of aromatic amines is 1. The maximum Gasteiger partial charge on any atom is 0.240 e. The Morgan fingerprint density at radius 2 is 1.97 bits per heavy atom. The molecule has 4 rings (SSSR count). The Hall–Kier alpha value is -3.25. The summed E-state index contributed by atoms with van der Waals surface area (Å²) in [6.07, 6.45) is 1.38. The van der Waals surface area contributed by atoms with Crippen molar-refractivity contribution >= 4 is 19.9 Å². The first-order valence-corrected chi connectivity index (χ1v) is 12.0. The van der Waals surface area contributed by atoms with Gasteiger partial charge in [0.15, 0.2) is 15.7 Å². The van der Waals surface area contributed by atoms with Crippen molar-refractivity contribution in [3.8, 4) is 28.6 Å². The number of sulfonamides is 1. The number of primary sulfonamides is 1. The number of nitriles is 1.